The summed E-state index contributed by atoms with van der Waals surface area (Å²) in [5.74, 6) is 0.913. The average Bonchev–Trinajstić information content (AvgIpc) is 2.86. The zero-order chi connectivity index (χ0) is 19.6. The maximum Gasteiger partial charge on any atom is 0.302 e. The number of ether oxygens (including phenoxy) is 2. The Hall–Kier alpha value is -0.390. The van der Waals surface area contributed by atoms with Crippen LogP contribution in [0.25, 0.3) is 0 Å². The van der Waals surface area contributed by atoms with E-state index in [0.29, 0.717) is 11.8 Å². The number of carbonyl (C=O) groups excluding carboxylic acids is 1. The third-order valence-electron chi connectivity index (χ3n) is 8.61. The lowest BCUT2D eigenvalue weighted by Crippen LogP contribution is -2.55. The van der Waals surface area contributed by atoms with Crippen molar-refractivity contribution >= 4 is 21.9 Å². The van der Waals surface area contributed by atoms with Crippen LogP contribution in [0.2, 0.25) is 0 Å². The largest absolute Gasteiger partial charge is 0.461 e. The number of hydrogen-bond donors (Lipinski definition) is 1. The summed E-state index contributed by atoms with van der Waals surface area (Å²) >= 11 is 3.80. The highest BCUT2D eigenvalue weighted by Crippen LogP contribution is 2.66. The van der Waals surface area contributed by atoms with E-state index in [-0.39, 0.29) is 39.8 Å². The maximum atomic E-state index is 11.7. The number of esters is 1. The predicted octanol–water partition coefficient (Wildman–Crippen LogP) is 4.24. The van der Waals surface area contributed by atoms with Gasteiger partial charge in [0.25, 0.3) is 0 Å². The molecule has 3 fully saturated rings. The van der Waals surface area contributed by atoms with Gasteiger partial charge in [0.05, 0.1) is 17.0 Å². The molecular formula is C22H33BrO4. The number of alkyl halides is 1. The van der Waals surface area contributed by atoms with Crippen molar-refractivity contribution in [2.45, 2.75) is 82.4 Å². The summed E-state index contributed by atoms with van der Waals surface area (Å²) in [4.78, 5) is 11.9. The first-order valence-electron chi connectivity index (χ1n) is 10.4. The Morgan fingerprint density at radius 1 is 1.26 bits per heavy atom. The van der Waals surface area contributed by atoms with E-state index < -0.39 is 6.10 Å². The van der Waals surface area contributed by atoms with Crippen LogP contribution >= 0.6 is 15.9 Å². The molecule has 0 amide bonds. The van der Waals surface area contributed by atoms with E-state index >= 15 is 0 Å². The van der Waals surface area contributed by atoms with Gasteiger partial charge in [-0.3, -0.25) is 4.79 Å². The minimum atomic E-state index is -0.408. The number of hydrogen-bond acceptors (Lipinski definition) is 4. The lowest BCUT2D eigenvalue weighted by atomic mass is 9.47. The lowest BCUT2D eigenvalue weighted by Gasteiger charge is -2.58. The number of aliphatic hydroxyl groups is 1. The van der Waals surface area contributed by atoms with E-state index in [2.05, 4.69) is 35.9 Å². The minimum absolute atomic E-state index is 0.0621. The molecule has 0 aromatic rings. The maximum absolute atomic E-state index is 11.7. The van der Waals surface area contributed by atoms with Gasteiger partial charge in [-0.1, -0.05) is 41.4 Å². The molecule has 0 aromatic heterocycles. The van der Waals surface area contributed by atoms with Crippen LogP contribution in [0.1, 0.15) is 59.3 Å². The molecule has 3 saturated carbocycles. The Balaban J connectivity index is 1.67. The summed E-state index contributed by atoms with van der Waals surface area (Å²) < 4.78 is 11.4. The number of carbonyl (C=O) groups is 1. The van der Waals surface area contributed by atoms with Gasteiger partial charge in [-0.25, -0.2) is 0 Å². The minimum Gasteiger partial charge on any atom is -0.461 e. The summed E-state index contributed by atoms with van der Waals surface area (Å²) in [6, 6.07) is 0. The molecule has 152 valence electrons. The zero-order valence-corrected chi connectivity index (χ0v) is 18.5. The second-order valence-corrected chi connectivity index (χ2v) is 11.0. The number of halogens is 1. The molecule has 0 aliphatic heterocycles. The van der Waals surface area contributed by atoms with Crippen LogP contribution in [0.4, 0.5) is 0 Å². The predicted molar refractivity (Wildman–Crippen MR) is 108 cm³/mol. The van der Waals surface area contributed by atoms with Crippen LogP contribution in [0.3, 0.4) is 0 Å². The summed E-state index contributed by atoms with van der Waals surface area (Å²) in [5.41, 5.74) is 1.51. The highest BCUT2D eigenvalue weighted by Gasteiger charge is 2.63. The van der Waals surface area contributed by atoms with E-state index in [4.69, 9.17) is 9.47 Å². The number of aliphatic hydroxyl groups excluding tert-OH is 1. The lowest BCUT2D eigenvalue weighted by molar-refractivity contribution is -0.159. The van der Waals surface area contributed by atoms with Gasteiger partial charge >= 0.3 is 5.97 Å². The summed E-state index contributed by atoms with van der Waals surface area (Å²) in [6.07, 6.45) is 8.24. The molecule has 0 aromatic carbocycles. The summed E-state index contributed by atoms with van der Waals surface area (Å²) in [6.45, 7) is 6.20. The molecule has 0 bridgehead atoms. The molecule has 4 aliphatic rings. The summed E-state index contributed by atoms with van der Waals surface area (Å²) in [7, 11) is 1.80. The fourth-order valence-corrected chi connectivity index (χ4v) is 8.25. The Kier molecular flexibility index (Phi) is 5.04. The molecule has 0 heterocycles. The smallest absolute Gasteiger partial charge is 0.302 e. The van der Waals surface area contributed by atoms with E-state index in [1.54, 1.807) is 7.11 Å². The third kappa shape index (κ3) is 2.95. The SMILES string of the molecule is CO[C@H]1CC[C@@]2(C)C(=C[C@H](O)C3C2CC[C@@]2(C)C3C[C@@H](Br)[C@@H]2OC(C)=O)C1. The topological polar surface area (TPSA) is 55.8 Å². The summed E-state index contributed by atoms with van der Waals surface area (Å²) in [5, 5.41) is 11.2. The van der Waals surface area contributed by atoms with Gasteiger partial charge in [0, 0.05) is 19.4 Å². The molecule has 9 atom stereocenters. The fraction of sp³-hybridized carbons (Fsp3) is 0.864. The van der Waals surface area contributed by atoms with Crippen molar-refractivity contribution in [3.8, 4) is 0 Å². The standard InChI is InChI=1S/C22H33BrO4/c1-12(24)27-20-17(23)11-16-19-15(6-8-22(16,20)3)21(2)7-5-14(26-4)9-13(21)10-18(19)25/h10,14-20,25H,5-9,11H2,1-4H3/t14-,15?,16?,17+,18-,19?,20-,21-,22-/m0/s1. The molecule has 0 spiro atoms. The Labute approximate surface area is 171 Å². The van der Waals surface area contributed by atoms with Crippen LogP contribution in [-0.4, -0.2) is 41.3 Å². The van der Waals surface area contributed by atoms with Crippen LogP contribution in [0.15, 0.2) is 11.6 Å². The zero-order valence-electron chi connectivity index (χ0n) is 16.9. The van der Waals surface area contributed by atoms with E-state index in [9.17, 15) is 9.90 Å². The van der Waals surface area contributed by atoms with Crippen molar-refractivity contribution in [2.75, 3.05) is 7.11 Å². The molecule has 5 heteroatoms. The average molecular weight is 441 g/mol. The van der Waals surface area contributed by atoms with Crippen molar-refractivity contribution in [1.29, 1.82) is 0 Å². The van der Waals surface area contributed by atoms with E-state index in [0.717, 1.165) is 38.5 Å². The highest BCUT2D eigenvalue weighted by atomic mass is 79.9. The molecular weight excluding hydrogens is 408 g/mol. The Morgan fingerprint density at radius 3 is 2.67 bits per heavy atom. The van der Waals surface area contributed by atoms with Gasteiger partial charge in [-0.15, -0.1) is 0 Å². The van der Waals surface area contributed by atoms with Crippen molar-refractivity contribution in [3.05, 3.63) is 11.6 Å². The van der Waals surface area contributed by atoms with Gasteiger partial charge in [0.2, 0.25) is 0 Å². The number of methoxy groups -OCH3 is 1. The molecule has 3 unspecified atom stereocenters. The van der Waals surface area contributed by atoms with Crippen molar-refractivity contribution < 1.29 is 19.4 Å². The first-order valence-corrected chi connectivity index (χ1v) is 11.4. The van der Waals surface area contributed by atoms with Crippen molar-refractivity contribution in [3.63, 3.8) is 0 Å². The first kappa shape index (κ1) is 19.9. The molecule has 0 radical (unpaired) electrons. The van der Waals surface area contributed by atoms with Crippen LogP contribution < -0.4 is 0 Å². The van der Waals surface area contributed by atoms with Crippen LogP contribution in [0, 0.1) is 28.6 Å². The van der Waals surface area contributed by atoms with Gasteiger partial charge in [-0.05, 0) is 61.7 Å². The van der Waals surface area contributed by atoms with Gasteiger partial charge in [-0.2, -0.15) is 0 Å². The van der Waals surface area contributed by atoms with Gasteiger partial charge in [0.1, 0.15) is 6.10 Å². The highest BCUT2D eigenvalue weighted by molar-refractivity contribution is 9.09. The van der Waals surface area contributed by atoms with Crippen molar-refractivity contribution in [1.82, 2.24) is 0 Å². The first-order chi connectivity index (χ1) is 12.7. The van der Waals surface area contributed by atoms with E-state index in [1.807, 2.05) is 0 Å². The second kappa shape index (κ2) is 6.84. The molecule has 27 heavy (non-hydrogen) atoms. The molecule has 1 N–H and O–H groups in total. The normalized spacial score (nSPS) is 51.6. The van der Waals surface area contributed by atoms with E-state index in [1.165, 1.54) is 12.5 Å². The third-order valence-corrected chi connectivity index (χ3v) is 9.46. The van der Waals surface area contributed by atoms with Gasteiger partial charge in [0.15, 0.2) is 0 Å². The molecule has 4 aliphatic carbocycles. The number of fused-ring (bicyclic) bond motifs is 5. The molecule has 0 saturated heterocycles. The fourth-order valence-electron chi connectivity index (χ4n) is 7.13. The quantitative estimate of drug-likeness (QED) is 0.396. The van der Waals surface area contributed by atoms with Gasteiger partial charge < -0.3 is 14.6 Å². The monoisotopic (exact) mass is 440 g/mol. The second-order valence-electron chi connectivity index (χ2n) is 9.82. The Morgan fingerprint density at radius 2 is 2.00 bits per heavy atom. The van der Waals surface area contributed by atoms with Crippen LogP contribution in [-0.2, 0) is 14.3 Å². The van der Waals surface area contributed by atoms with Crippen molar-refractivity contribution in [2.24, 2.45) is 28.6 Å². The molecule has 4 rings (SSSR count). The van der Waals surface area contributed by atoms with Crippen LogP contribution in [0.5, 0.6) is 0 Å². The molecule has 4 nitrogen and oxygen atoms in total. The number of rotatable bonds is 2. The Bertz CT molecular complexity index is 648.